The van der Waals surface area contributed by atoms with Crippen molar-refractivity contribution in [3.8, 4) is 0 Å². The minimum atomic E-state index is -0.613. The molecule has 0 saturated heterocycles. The largest absolute Gasteiger partial charge is 0.468 e. The lowest BCUT2D eigenvalue weighted by Crippen LogP contribution is -2.57. The fourth-order valence-electron chi connectivity index (χ4n) is 3.46. The topological polar surface area (TPSA) is 69.0 Å². The first kappa shape index (κ1) is 15.9. The molecule has 1 aliphatic carbocycles. The highest BCUT2D eigenvalue weighted by Gasteiger charge is 2.45. The number of ether oxygens (including phenoxy) is 1. The highest BCUT2D eigenvalue weighted by molar-refractivity contribution is 5.81. The SMILES string of the molecule is COC(=O)C1(NC(C)C)CCCC(n2nc(C)nc2C)C1. The lowest BCUT2D eigenvalue weighted by molar-refractivity contribution is -0.151. The molecule has 6 nitrogen and oxygen atoms in total. The van der Waals surface area contributed by atoms with Crippen LogP contribution in [0.2, 0.25) is 0 Å². The Kier molecular flexibility index (Phi) is 4.66. The Balaban J connectivity index is 2.28. The van der Waals surface area contributed by atoms with Crippen molar-refractivity contribution in [1.29, 1.82) is 0 Å². The van der Waals surface area contributed by atoms with E-state index >= 15 is 0 Å². The van der Waals surface area contributed by atoms with E-state index in [9.17, 15) is 4.79 Å². The van der Waals surface area contributed by atoms with E-state index < -0.39 is 5.54 Å². The van der Waals surface area contributed by atoms with Gasteiger partial charge in [-0.2, -0.15) is 5.10 Å². The summed E-state index contributed by atoms with van der Waals surface area (Å²) in [6.07, 6.45) is 3.49. The summed E-state index contributed by atoms with van der Waals surface area (Å²) in [6, 6.07) is 0.409. The number of hydrogen-bond acceptors (Lipinski definition) is 5. The predicted octanol–water partition coefficient (Wildman–Crippen LogP) is 1.92. The summed E-state index contributed by atoms with van der Waals surface area (Å²) in [5.41, 5.74) is -0.613. The lowest BCUT2D eigenvalue weighted by Gasteiger charge is -2.40. The molecule has 0 spiro atoms. The second-order valence-corrected chi connectivity index (χ2v) is 6.27. The van der Waals surface area contributed by atoms with Crippen molar-refractivity contribution in [3.63, 3.8) is 0 Å². The van der Waals surface area contributed by atoms with Crippen LogP contribution < -0.4 is 5.32 Å². The molecule has 0 radical (unpaired) electrons. The molecule has 21 heavy (non-hydrogen) atoms. The van der Waals surface area contributed by atoms with Crippen molar-refractivity contribution in [1.82, 2.24) is 20.1 Å². The van der Waals surface area contributed by atoms with Gasteiger partial charge in [0.15, 0.2) is 0 Å². The summed E-state index contributed by atoms with van der Waals surface area (Å²) in [5.74, 6) is 1.51. The van der Waals surface area contributed by atoms with Crippen molar-refractivity contribution in [2.75, 3.05) is 7.11 Å². The van der Waals surface area contributed by atoms with E-state index in [4.69, 9.17) is 4.74 Å². The third kappa shape index (κ3) is 3.26. The number of rotatable bonds is 4. The van der Waals surface area contributed by atoms with E-state index in [2.05, 4.69) is 29.2 Å². The van der Waals surface area contributed by atoms with Gasteiger partial charge in [0.1, 0.15) is 17.2 Å². The number of nitrogens with one attached hydrogen (secondary N) is 1. The molecular weight excluding hydrogens is 268 g/mol. The molecule has 1 fully saturated rings. The zero-order valence-electron chi connectivity index (χ0n) is 13.6. The van der Waals surface area contributed by atoms with Gasteiger partial charge in [0.05, 0.1) is 13.2 Å². The van der Waals surface area contributed by atoms with E-state index in [-0.39, 0.29) is 18.1 Å². The van der Waals surface area contributed by atoms with Gasteiger partial charge < -0.3 is 4.74 Å². The Morgan fingerprint density at radius 1 is 1.48 bits per heavy atom. The molecule has 118 valence electrons. The van der Waals surface area contributed by atoms with Crippen LogP contribution in [0.5, 0.6) is 0 Å². The van der Waals surface area contributed by atoms with Crippen LogP contribution in [0, 0.1) is 13.8 Å². The molecule has 0 aliphatic heterocycles. The summed E-state index contributed by atoms with van der Waals surface area (Å²) < 4.78 is 7.03. The molecular formula is C15H26N4O2. The molecule has 2 atom stereocenters. The van der Waals surface area contributed by atoms with E-state index in [1.165, 1.54) is 7.11 Å². The Labute approximate surface area is 126 Å². The number of methoxy groups -OCH3 is 1. The fraction of sp³-hybridized carbons (Fsp3) is 0.800. The standard InChI is InChI=1S/C15H26N4O2/c1-10(2)17-15(14(20)21-5)8-6-7-13(9-15)19-12(4)16-11(3)18-19/h10,13,17H,6-9H2,1-5H3. The van der Waals surface area contributed by atoms with Crippen LogP contribution in [-0.4, -0.2) is 39.4 Å². The zero-order valence-corrected chi connectivity index (χ0v) is 13.6. The van der Waals surface area contributed by atoms with Gasteiger partial charge in [-0.3, -0.25) is 10.1 Å². The zero-order chi connectivity index (χ0) is 15.6. The number of nitrogens with zero attached hydrogens (tertiary/aromatic N) is 3. The molecule has 6 heteroatoms. The monoisotopic (exact) mass is 294 g/mol. The van der Waals surface area contributed by atoms with Crippen LogP contribution in [0.3, 0.4) is 0 Å². The quantitative estimate of drug-likeness (QED) is 0.859. The number of carbonyl (C=O) groups excluding carboxylic acids is 1. The first-order valence-corrected chi connectivity index (χ1v) is 7.64. The van der Waals surface area contributed by atoms with E-state index in [0.717, 1.165) is 30.9 Å². The van der Waals surface area contributed by atoms with Gasteiger partial charge in [0, 0.05) is 6.04 Å². The molecule has 1 aliphatic rings. The van der Waals surface area contributed by atoms with E-state index in [1.54, 1.807) is 0 Å². The maximum atomic E-state index is 12.4. The van der Waals surface area contributed by atoms with Gasteiger partial charge in [-0.25, -0.2) is 9.67 Å². The minimum absolute atomic E-state index is 0.171. The number of esters is 1. The Morgan fingerprint density at radius 2 is 2.19 bits per heavy atom. The summed E-state index contributed by atoms with van der Waals surface area (Å²) in [5, 5.41) is 7.93. The molecule has 0 bridgehead atoms. The summed E-state index contributed by atoms with van der Waals surface area (Å²) in [4.78, 5) is 16.7. The first-order valence-electron chi connectivity index (χ1n) is 7.64. The molecule has 2 unspecified atom stereocenters. The minimum Gasteiger partial charge on any atom is -0.468 e. The fourth-order valence-corrected chi connectivity index (χ4v) is 3.46. The van der Waals surface area contributed by atoms with Crippen molar-refractivity contribution in [2.24, 2.45) is 0 Å². The van der Waals surface area contributed by atoms with Crippen LogP contribution in [0.25, 0.3) is 0 Å². The highest BCUT2D eigenvalue weighted by Crippen LogP contribution is 2.37. The Morgan fingerprint density at radius 3 is 2.71 bits per heavy atom. The molecule has 1 aromatic rings. The molecule has 1 N–H and O–H groups in total. The van der Waals surface area contributed by atoms with Crippen molar-refractivity contribution in [3.05, 3.63) is 11.6 Å². The second-order valence-electron chi connectivity index (χ2n) is 6.27. The maximum absolute atomic E-state index is 12.4. The number of carbonyl (C=O) groups is 1. The predicted molar refractivity (Wildman–Crippen MR) is 80.0 cm³/mol. The average Bonchev–Trinajstić information content (AvgIpc) is 2.76. The van der Waals surface area contributed by atoms with Gasteiger partial charge in [-0.05, 0) is 53.4 Å². The summed E-state index contributed by atoms with van der Waals surface area (Å²) >= 11 is 0. The number of aryl methyl sites for hydroxylation is 2. The lowest BCUT2D eigenvalue weighted by atomic mass is 9.78. The van der Waals surface area contributed by atoms with Gasteiger partial charge in [0.25, 0.3) is 0 Å². The molecule has 1 heterocycles. The van der Waals surface area contributed by atoms with Gasteiger partial charge in [-0.1, -0.05) is 0 Å². The molecule has 0 aromatic carbocycles. The van der Waals surface area contributed by atoms with Crippen molar-refractivity contribution in [2.45, 2.75) is 71.0 Å². The van der Waals surface area contributed by atoms with Crippen molar-refractivity contribution >= 4 is 5.97 Å². The molecule has 1 saturated carbocycles. The van der Waals surface area contributed by atoms with E-state index in [1.807, 2.05) is 18.5 Å². The smallest absolute Gasteiger partial charge is 0.326 e. The number of aromatic nitrogens is 3. The van der Waals surface area contributed by atoms with E-state index in [0.29, 0.717) is 6.42 Å². The molecule has 2 rings (SSSR count). The van der Waals surface area contributed by atoms with Crippen molar-refractivity contribution < 1.29 is 9.53 Å². The highest BCUT2D eigenvalue weighted by atomic mass is 16.5. The van der Waals surface area contributed by atoms with Gasteiger partial charge >= 0.3 is 5.97 Å². The Bertz CT molecular complexity index is 512. The average molecular weight is 294 g/mol. The van der Waals surface area contributed by atoms with Crippen LogP contribution in [-0.2, 0) is 9.53 Å². The van der Waals surface area contributed by atoms with Crippen LogP contribution in [0.4, 0.5) is 0 Å². The van der Waals surface area contributed by atoms with Crippen LogP contribution in [0.1, 0.15) is 57.2 Å². The normalized spacial score (nSPS) is 26.1. The molecule has 0 amide bonds. The van der Waals surface area contributed by atoms with Crippen LogP contribution in [0.15, 0.2) is 0 Å². The second kappa shape index (κ2) is 6.13. The Hall–Kier alpha value is -1.43. The van der Waals surface area contributed by atoms with Gasteiger partial charge in [0.2, 0.25) is 0 Å². The molecule has 1 aromatic heterocycles. The maximum Gasteiger partial charge on any atom is 0.326 e. The summed E-state index contributed by atoms with van der Waals surface area (Å²) in [7, 11) is 1.46. The van der Waals surface area contributed by atoms with Crippen LogP contribution >= 0.6 is 0 Å². The summed E-state index contributed by atoms with van der Waals surface area (Å²) in [6.45, 7) is 7.97. The number of hydrogen-bond donors (Lipinski definition) is 1. The third-order valence-corrected chi connectivity index (χ3v) is 4.12. The first-order chi connectivity index (χ1) is 9.88. The van der Waals surface area contributed by atoms with Gasteiger partial charge in [-0.15, -0.1) is 0 Å². The third-order valence-electron chi connectivity index (χ3n) is 4.12.